The molecule has 6 nitrogen and oxygen atoms in total. The Bertz CT molecular complexity index is 468. The van der Waals surface area contributed by atoms with Crippen molar-refractivity contribution in [3.63, 3.8) is 0 Å². The maximum absolute atomic E-state index is 9.30. The Morgan fingerprint density at radius 3 is 2.68 bits per heavy atom. The lowest BCUT2D eigenvalue weighted by Gasteiger charge is -2.32. The first-order chi connectivity index (χ1) is 9.10. The fraction of sp³-hybridized carbons (Fsp3) is 0.692. The second kappa shape index (κ2) is 4.61. The summed E-state index contributed by atoms with van der Waals surface area (Å²) in [4.78, 5) is 8.49. The van der Waals surface area contributed by atoms with Gasteiger partial charge in [0.25, 0.3) is 0 Å². The molecule has 0 aliphatic heterocycles. The third-order valence-corrected chi connectivity index (χ3v) is 4.29. The van der Waals surface area contributed by atoms with Gasteiger partial charge in [-0.3, -0.25) is 0 Å². The standard InChI is InChI=1S/C13H21N5O/c14-9-3-8(4-9)10-5-11(18-12(15)17-10)16-6-13(7-19)1-2-13/h5,8-9,19H,1-4,6-7,14H2,(H3,15,16,17,18). The van der Waals surface area contributed by atoms with E-state index in [1.165, 1.54) is 0 Å². The van der Waals surface area contributed by atoms with Gasteiger partial charge in [-0.25, -0.2) is 4.98 Å². The molecule has 6 N–H and O–H groups in total. The molecule has 2 aliphatic rings. The average Bonchev–Trinajstić information content (AvgIpc) is 3.13. The SMILES string of the molecule is Nc1nc(NCC2(CO)CC2)cc(C2CC(N)C2)n1. The van der Waals surface area contributed by atoms with E-state index >= 15 is 0 Å². The van der Waals surface area contributed by atoms with Gasteiger partial charge in [0.05, 0.1) is 12.3 Å². The topological polar surface area (TPSA) is 110 Å². The normalized spacial score (nSPS) is 27.7. The van der Waals surface area contributed by atoms with Crippen molar-refractivity contribution in [2.45, 2.75) is 37.6 Å². The van der Waals surface area contributed by atoms with Crippen LogP contribution in [-0.4, -0.2) is 34.3 Å². The first-order valence-electron chi connectivity index (χ1n) is 6.85. The molecule has 0 bridgehead atoms. The van der Waals surface area contributed by atoms with E-state index in [4.69, 9.17) is 11.5 Å². The van der Waals surface area contributed by atoms with Gasteiger partial charge in [-0.1, -0.05) is 0 Å². The van der Waals surface area contributed by atoms with Crippen LogP contribution in [0.3, 0.4) is 0 Å². The van der Waals surface area contributed by atoms with Gasteiger partial charge in [-0.2, -0.15) is 4.98 Å². The zero-order valence-electron chi connectivity index (χ0n) is 11.0. The van der Waals surface area contributed by atoms with E-state index in [9.17, 15) is 5.11 Å². The van der Waals surface area contributed by atoms with Crippen LogP contribution in [0, 0.1) is 5.41 Å². The molecule has 6 heteroatoms. The minimum Gasteiger partial charge on any atom is -0.396 e. The van der Waals surface area contributed by atoms with Crippen LogP contribution < -0.4 is 16.8 Å². The van der Waals surface area contributed by atoms with Crippen molar-refractivity contribution in [2.24, 2.45) is 11.1 Å². The average molecular weight is 263 g/mol. The van der Waals surface area contributed by atoms with E-state index in [-0.39, 0.29) is 12.0 Å². The van der Waals surface area contributed by atoms with E-state index in [1.807, 2.05) is 6.07 Å². The fourth-order valence-corrected chi connectivity index (χ4v) is 2.53. The molecule has 2 saturated carbocycles. The van der Waals surface area contributed by atoms with E-state index in [1.54, 1.807) is 0 Å². The minimum atomic E-state index is 0.0543. The quantitative estimate of drug-likeness (QED) is 0.614. The number of aromatic nitrogens is 2. The fourth-order valence-electron chi connectivity index (χ4n) is 2.53. The van der Waals surface area contributed by atoms with Gasteiger partial charge in [-0.05, 0) is 25.7 Å². The zero-order valence-corrected chi connectivity index (χ0v) is 11.0. The van der Waals surface area contributed by atoms with Crippen molar-refractivity contribution < 1.29 is 5.11 Å². The van der Waals surface area contributed by atoms with Crippen LogP contribution in [0.15, 0.2) is 6.07 Å². The molecule has 0 saturated heterocycles. The third kappa shape index (κ3) is 2.64. The summed E-state index contributed by atoms with van der Waals surface area (Å²) >= 11 is 0. The molecular formula is C13H21N5O. The molecule has 104 valence electrons. The van der Waals surface area contributed by atoms with Gasteiger partial charge < -0.3 is 21.9 Å². The van der Waals surface area contributed by atoms with Gasteiger partial charge in [0.2, 0.25) is 5.95 Å². The number of rotatable bonds is 5. The van der Waals surface area contributed by atoms with E-state index in [2.05, 4.69) is 15.3 Å². The van der Waals surface area contributed by atoms with Crippen molar-refractivity contribution in [1.29, 1.82) is 0 Å². The smallest absolute Gasteiger partial charge is 0.222 e. The predicted octanol–water partition coefficient (Wildman–Crippen LogP) is 0.448. The monoisotopic (exact) mass is 263 g/mol. The number of hydrogen-bond donors (Lipinski definition) is 4. The highest BCUT2D eigenvalue weighted by Crippen LogP contribution is 2.45. The van der Waals surface area contributed by atoms with Gasteiger partial charge in [0.1, 0.15) is 5.82 Å². The molecule has 3 rings (SSSR count). The molecule has 0 spiro atoms. The Hall–Kier alpha value is -1.40. The van der Waals surface area contributed by atoms with E-state index in [0.29, 0.717) is 17.9 Å². The molecule has 0 amide bonds. The highest BCUT2D eigenvalue weighted by molar-refractivity contribution is 5.42. The first kappa shape index (κ1) is 12.6. The summed E-state index contributed by atoms with van der Waals surface area (Å²) in [7, 11) is 0. The number of hydrogen-bond acceptors (Lipinski definition) is 6. The number of aliphatic hydroxyl groups is 1. The lowest BCUT2D eigenvalue weighted by atomic mass is 9.78. The molecule has 19 heavy (non-hydrogen) atoms. The highest BCUT2D eigenvalue weighted by Gasteiger charge is 2.41. The number of nitrogen functional groups attached to an aromatic ring is 1. The van der Waals surface area contributed by atoms with Crippen LogP contribution >= 0.6 is 0 Å². The molecule has 0 aromatic carbocycles. The molecule has 1 aromatic heterocycles. The highest BCUT2D eigenvalue weighted by atomic mass is 16.3. The lowest BCUT2D eigenvalue weighted by molar-refractivity contribution is 0.219. The van der Waals surface area contributed by atoms with E-state index < -0.39 is 0 Å². The number of nitrogens with one attached hydrogen (secondary N) is 1. The predicted molar refractivity (Wildman–Crippen MR) is 73.6 cm³/mol. The molecular weight excluding hydrogens is 242 g/mol. The Balaban J connectivity index is 1.67. The van der Waals surface area contributed by atoms with Crippen molar-refractivity contribution in [1.82, 2.24) is 9.97 Å². The largest absolute Gasteiger partial charge is 0.396 e. The lowest BCUT2D eigenvalue weighted by Crippen LogP contribution is -2.35. The van der Waals surface area contributed by atoms with Crippen LogP contribution in [-0.2, 0) is 0 Å². The van der Waals surface area contributed by atoms with Gasteiger partial charge in [0, 0.05) is 30.0 Å². The molecule has 0 radical (unpaired) electrons. The summed E-state index contributed by atoms with van der Waals surface area (Å²) in [6.45, 7) is 0.967. The van der Waals surface area contributed by atoms with Crippen molar-refractivity contribution in [3.05, 3.63) is 11.8 Å². The van der Waals surface area contributed by atoms with Crippen molar-refractivity contribution in [3.8, 4) is 0 Å². The van der Waals surface area contributed by atoms with Gasteiger partial charge in [0.15, 0.2) is 0 Å². The Morgan fingerprint density at radius 2 is 2.11 bits per heavy atom. The molecule has 0 atom stereocenters. The molecule has 1 aromatic rings. The van der Waals surface area contributed by atoms with Gasteiger partial charge >= 0.3 is 0 Å². The molecule has 2 fully saturated rings. The summed E-state index contributed by atoms with van der Waals surface area (Å²) in [5.41, 5.74) is 12.6. The van der Waals surface area contributed by atoms with Crippen LogP contribution in [0.4, 0.5) is 11.8 Å². The van der Waals surface area contributed by atoms with Crippen LogP contribution in [0.25, 0.3) is 0 Å². The van der Waals surface area contributed by atoms with Crippen LogP contribution in [0.1, 0.15) is 37.3 Å². The summed E-state index contributed by atoms with van der Waals surface area (Å²) in [6.07, 6.45) is 4.08. The third-order valence-electron chi connectivity index (χ3n) is 4.29. The van der Waals surface area contributed by atoms with Gasteiger partial charge in [-0.15, -0.1) is 0 Å². The van der Waals surface area contributed by atoms with Crippen LogP contribution in [0.2, 0.25) is 0 Å². The number of nitrogens with zero attached hydrogens (tertiary/aromatic N) is 2. The maximum atomic E-state index is 9.30. The summed E-state index contributed by atoms with van der Waals surface area (Å²) in [5, 5.41) is 12.6. The second-order valence-electron chi connectivity index (χ2n) is 5.98. The summed E-state index contributed by atoms with van der Waals surface area (Å²) < 4.78 is 0. The maximum Gasteiger partial charge on any atom is 0.222 e. The van der Waals surface area contributed by atoms with Crippen molar-refractivity contribution in [2.75, 3.05) is 24.2 Å². The Morgan fingerprint density at radius 1 is 1.37 bits per heavy atom. The first-order valence-corrected chi connectivity index (χ1v) is 6.85. The van der Waals surface area contributed by atoms with E-state index in [0.717, 1.165) is 43.7 Å². The van der Waals surface area contributed by atoms with Crippen LogP contribution in [0.5, 0.6) is 0 Å². The molecule has 1 heterocycles. The summed E-state index contributed by atoms with van der Waals surface area (Å²) in [6, 6.07) is 2.25. The number of nitrogens with two attached hydrogens (primary N) is 2. The molecule has 0 unspecified atom stereocenters. The Labute approximate surface area is 112 Å². The molecule has 2 aliphatic carbocycles. The van der Waals surface area contributed by atoms with Crippen molar-refractivity contribution >= 4 is 11.8 Å². The minimum absolute atomic E-state index is 0.0543. The second-order valence-corrected chi connectivity index (χ2v) is 5.98. The summed E-state index contributed by atoms with van der Waals surface area (Å²) in [5.74, 6) is 1.46. The number of aliphatic hydroxyl groups excluding tert-OH is 1. The Kier molecular flexibility index (Phi) is 3.06. The zero-order chi connectivity index (χ0) is 13.5. The number of anilines is 2.